The molecule has 0 fully saturated rings. The molecule has 1 aliphatic heterocycles. The maximum atomic E-state index is 13.2. The molecule has 2 aromatic rings. The molecule has 1 amide bonds. The van der Waals surface area contributed by atoms with Crippen LogP contribution in [0.3, 0.4) is 0 Å². The number of amides is 1. The van der Waals surface area contributed by atoms with Crippen molar-refractivity contribution in [1.29, 1.82) is 0 Å². The third kappa shape index (κ3) is 2.34. The average Bonchev–Trinajstić information content (AvgIpc) is 2.62. The van der Waals surface area contributed by atoms with E-state index in [0.29, 0.717) is 18.0 Å². The molecular formula is C15H11ClFNO2. The quantitative estimate of drug-likeness (QED) is 0.806. The van der Waals surface area contributed by atoms with Crippen LogP contribution < -0.4 is 9.64 Å². The van der Waals surface area contributed by atoms with E-state index in [1.807, 2.05) is 24.3 Å². The van der Waals surface area contributed by atoms with E-state index >= 15 is 0 Å². The molecule has 0 N–H and O–H groups in total. The normalized spacial score (nSPS) is 14.5. The van der Waals surface area contributed by atoms with Gasteiger partial charge in [0.05, 0.1) is 11.6 Å². The van der Waals surface area contributed by atoms with Crippen molar-refractivity contribution in [2.24, 2.45) is 0 Å². The second-order valence-corrected chi connectivity index (χ2v) is 4.88. The summed E-state index contributed by atoms with van der Waals surface area (Å²) in [7, 11) is 0. The Morgan fingerprint density at radius 3 is 2.80 bits per heavy atom. The number of fused-ring (bicyclic) bond motifs is 1. The SMILES string of the molecule is O=C1COc2ccccc2CN1c1ccc(F)c(Cl)c1. The number of anilines is 1. The van der Waals surface area contributed by atoms with Crippen molar-refractivity contribution < 1.29 is 13.9 Å². The lowest BCUT2D eigenvalue weighted by molar-refractivity contribution is -0.120. The Kier molecular flexibility index (Phi) is 3.32. The van der Waals surface area contributed by atoms with Crippen LogP contribution in [-0.4, -0.2) is 12.5 Å². The van der Waals surface area contributed by atoms with Crippen LogP contribution in [0, 0.1) is 5.82 Å². The van der Waals surface area contributed by atoms with Crippen LogP contribution in [0.15, 0.2) is 42.5 Å². The van der Waals surface area contributed by atoms with E-state index in [1.54, 1.807) is 0 Å². The predicted octanol–water partition coefficient (Wildman–Crippen LogP) is 3.40. The maximum absolute atomic E-state index is 13.2. The summed E-state index contributed by atoms with van der Waals surface area (Å²) >= 11 is 5.78. The van der Waals surface area contributed by atoms with Crippen LogP contribution in [0.5, 0.6) is 5.75 Å². The van der Waals surface area contributed by atoms with Gasteiger partial charge in [0.1, 0.15) is 11.6 Å². The van der Waals surface area contributed by atoms with Crippen molar-refractivity contribution in [3.63, 3.8) is 0 Å². The van der Waals surface area contributed by atoms with E-state index in [2.05, 4.69) is 0 Å². The van der Waals surface area contributed by atoms with E-state index in [0.717, 1.165) is 5.56 Å². The van der Waals surface area contributed by atoms with Gasteiger partial charge in [-0.2, -0.15) is 0 Å². The van der Waals surface area contributed by atoms with Gasteiger partial charge < -0.3 is 9.64 Å². The molecule has 2 aromatic carbocycles. The molecular weight excluding hydrogens is 281 g/mol. The lowest BCUT2D eigenvalue weighted by Crippen LogP contribution is -2.32. The van der Waals surface area contributed by atoms with Crippen LogP contribution in [0.1, 0.15) is 5.56 Å². The summed E-state index contributed by atoms with van der Waals surface area (Å²) in [6.45, 7) is 0.322. The predicted molar refractivity (Wildman–Crippen MR) is 74.5 cm³/mol. The molecule has 0 spiro atoms. The standard InChI is InChI=1S/C15H11ClFNO2/c16-12-7-11(5-6-13(12)17)18-8-10-3-1-2-4-14(10)20-9-15(18)19/h1-7H,8-9H2. The smallest absolute Gasteiger partial charge is 0.265 e. The summed E-state index contributed by atoms with van der Waals surface area (Å²) in [5.74, 6) is -0.00484. The first kappa shape index (κ1) is 12.9. The first-order valence-electron chi connectivity index (χ1n) is 6.11. The van der Waals surface area contributed by atoms with Gasteiger partial charge in [-0.3, -0.25) is 4.79 Å². The van der Waals surface area contributed by atoms with E-state index < -0.39 is 5.82 Å². The van der Waals surface area contributed by atoms with E-state index in [-0.39, 0.29) is 17.5 Å². The van der Waals surface area contributed by atoms with E-state index in [1.165, 1.54) is 23.1 Å². The van der Waals surface area contributed by atoms with Gasteiger partial charge in [0.25, 0.3) is 5.91 Å². The second kappa shape index (κ2) is 5.13. The Bertz CT molecular complexity index is 675. The summed E-state index contributed by atoms with van der Waals surface area (Å²) < 4.78 is 18.7. The fourth-order valence-corrected chi connectivity index (χ4v) is 2.31. The highest BCUT2D eigenvalue weighted by molar-refractivity contribution is 6.31. The molecule has 0 unspecified atom stereocenters. The Morgan fingerprint density at radius 2 is 2.00 bits per heavy atom. The lowest BCUT2D eigenvalue weighted by Gasteiger charge is -2.20. The molecule has 0 saturated carbocycles. The van der Waals surface area contributed by atoms with Crippen molar-refractivity contribution in [2.45, 2.75) is 6.54 Å². The van der Waals surface area contributed by atoms with Gasteiger partial charge in [-0.25, -0.2) is 4.39 Å². The van der Waals surface area contributed by atoms with Crippen LogP contribution in [0.25, 0.3) is 0 Å². The molecule has 0 atom stereocenters. The van der Waals surface area contributed by atoms with Crippen molar-refractivity contribution in [1.82, 2.24) is 0 Å². The molecule has 20 heavy (non-hydrogen) atoms. The number of benzene rings is 2. The molecule has 3 rings (SSSR count). The molecule has 102 valence electrons. The Balaban J connectivity index is 1.99. The molecule has 0 radical (unpaired) electrons. The third-order valence-electron chi connectivity index (χ3n) is 3.17. The maximum Gasteiger partial charge on any atom is 0.265 e. The minimum atomic E-state index is -0.505. The van der Waals surface area contributed by atoms with E-state index in [4.69, 9.17) is 16.3 Å². The van der Waals surface area contributed by atoms with Gasteiger partial charge >= 0.3 is 0 Å². The molecule has 0 bridgehead atoms. The largest absolute Gasteiger partial charge is 0.483 e. The van der Waals surface area contributed by atoms with Gasteiger partial charge in [0.15, 0.2) is 6.61 Å². The van der Waals surface area contributed by atoms with Crippen LogP contribution in [0.2, 0.25) is 5.02 Å². The van der Waals surface area contributed by atoms with Crippen LogP contribution in [-0.2, 0) is 11.3 Å². The highest BCUT2D eigenvalue weighted by Crippen LogP contribution is 2.28. The summed E-state index contributed by atoms with van der Waals surface area (Å²) in [4.78, 5) is 13.7. The van der Waals surface area contributed by atoms with Gasteiger partial charge in [-0.15, -0.1) is 0 Å². The lowest BCUT2D eigenvalue weighted by atomic mass is 10.2. The Morgan fingerprint density at radius 1 is 1.20 bits per heavy atom. The number of rotatable bonds is 1. The van der Waals surface area contributed by atoms with Crippen molar-refractivity contribution >= 4 is 23.2 Å². The van der Waals surface area contributed by atoms with Crippen LogP contribution >= 0.6 is 11.6 Å². The average molecular weight is 292 g/mol. The summed E-state index contributed by atoms with van der Waals surface area (Å²) in [5.41, 5.74) is 1.46. The zero-order valence-electron chi connectivity index (χ0n) is 10.5. The van der Waals surface area contributed by atoms with Crippen molar-refractivity contribution in [3.8, 4) is 5.75 Å². The molecule has 1 aliphatic rings. The third-order valence-corrected chi connectivity index (χ3v) is 3.46. The van der Waals surface area contributed by atoms with Crippen molar-refractivity contribution in [3.05, 3.63) is 58.9 Å². The topological polar surface area (TPSA) is 29.5 Å². The monoisotopic (exact) mass is 291 g/mol. The number of carbonyl (C=O) groups is 1. The molecule has 0 aromatic heterocycles. The molecule has 5 heteroatoms. The fraction of sp³-hybridized carbons (Fsp3) is 0.133. The number of ether oxygens (including phenoxy) is 1. The molecule has 0 saturated heterocycles. The summed E-state index contributed by atoms with van der Waals surface area (Å²) in [5, 5.41) is -0.00579. The minimum Gasteiger partial charge on any atom is -0.483 e. The first-order chi connectivity index (χ1) is 9.65. The van der Waals surface area contributed by atoms with E-state index in [9.17, 15) is 9.18 Å². The Labute approximate surface area is 120 Å². The fourth-order valence-electron chi connectivity index (χ4n) is 2.14. The minimum absolute atomic E-state index is 0.00579. The van der Waals surface area contributed by atoms with Crippen LogP contribution in [0.4, 0.5) is 10.1 Å². The highest BCUT2D eigenvalue weighted by Gasteiger charge is 2.23. The summed E-state index contributed by atoms with van der Waals surface area (Å²) in [6, 6.07) is 11.7. The summed E-state index contributed by atoms with van der Waals surface area (Å²) in [6.07, 6.45) is 0. The first-order valence-corrected chi connectivity index (χ1v) is 6.49. The number of para-hydroxylation sites is 1. The second-order valence-electron chi connectivity index (χ2n) is 4.47. The number of hydrogen-bond donors (Lipinski definition) is 0. The number of halogens is 2. The Hall–Kier alpha value is -2.07. The van der Waals surface area contributed by atoms with Gasteiger partial charge in [0.2, 0.25) is 0 Å². The zero-order chi connectivity index (χ0) is 14.1. The molecule has 0 aliphatic carbocycles. The van der Waals surface area contributed by atoms with Gasteiger partial charge in [-0.1, -0.05) is 29.8 Å². The number of hydrogen-bond acceptors (Lipinski definition) is 2. The molecule has 1 heterocycles. The highest BCUT2D eigenvalue weighted by atomic mass is 35.5. The van der Waals surface area contributed by atoms with Gasteiger partial charge in [0, 0.05) is 11.3 Å². The number of carbonyl (C=O) groups excluding carboxylic acids is 1. The van der Waals surface area contributed by atoms with Gasteiger partial charge in [-0.05, 0) is 24.3 Å². The number of nitrogens with zero attached hydrogens (tertiary/aromatic N) is 1. The van der Waals surface area contributed by atoms with Crippen molar-refractivity contribution in [2.75, 3.05) is 11.5 Å². The molecule has 3 nitrogen and oxygen atoms in total. The zero-order valence-corrected chi connectivity index (χ0v) is 11.2.